The van der Waals surface area contributed by atoms with Crippen LogP contribution in [0.25, 0.3) is 0 Å². The number of hydrogen-bond acceptors (Lipinski definition) is 12. The summed E-state index contributed by atoms with van der Waals surface area (Å²) in [5.41, 5.74) is 0. The summed E-state index contributed by atoms with van der Waals surface area (Å²) in [4.78, 5) is 32.6. The normalized spacial score (nSPS) is 6.19. The number of nitrogens with zero attached hydrogens (tertiary/aromatic N) is 3. The zero-order valence-electron chi connectivity index (χ0n) is 6.69. The van der Waals surface area contributed by atoms with Gasteiger partial charge < -0.3 is 30.7 Å². The van der Waals surface area contributed by atoms with Crippen LogP contribution in [0.1, 0.15) is 0 Å². The van der Waals surface area contributed by atoms with Gasteiger partial charge in [-0.2, -0.15) is 0 Å². The molecule has 0 heterocycles. The first-order valence-electron chi connectivity index (χ1n) is 2.14. The molecule has 0 rings (SSSR count). The van der Waals surface area contributed by atoms with E-state index in [0.29, 0.717) is 0 Å². The van der Waals surface area contributed by atoms with Crippen molar-refractivity contribution in [1.29, 1.82) is 0 Å². The molecule has 92 valence electrons. The maximum atomic E-state index is 8.64. The molecule has 0 aliphatic heterocycles. The van der Waals surface area contributed by atoms with E-state index in [1.165, 1.54) is 0 Å². The molecule has 0 amide bonds. The molecule has 0 aromatic rings. The summed E-state index contributed by atoms with van der Waals surface area (Å²) < 4.78 is 0. The zero-order valence-corrected chi connectivity index (χ0v) is 10.2. The SMILES string of the molecule is O=[N+]([O-])O[O-].O=[N+]([O-])O[O-].O=[N+]([O-])O[O-].[Bi+3]. The minimum atomic E-state index is -1.43. The summed E-state index contributed by atoms with van der Waals surface area (Å²) >= 11 is 0. The van der Waals surface area contributed by atoms with Crippen molar-refractivity contribution in [2.75, 3.05) is 0 Å². The molecular weight excluding hydrogens is 443 g/mol. The number of rotatable bonds is 3. The molecule has 0 bridgehead atoms. The molecule has 16 heavy (non-hydrogen) atoms. The summed E-state index contributed by atoms with van der Waals surface area (Å²) in [7, 11) is 0. The topological polar surface area (TPSA) is 226 Å². The molecule has 0 spiro atoms. The first kappa shape index (κ1) is 23.9. The third kappa shape index (κ3) is 83.9. The molecule has 16 heteroatoms. The Hall–Kier alpha value is -1.64. The van der Waals surface area contributed by atoms with Gasteiger partial charge >= 0.3 is 26.2 Å². The Kier molecular flexibility index (Phi) is 28.4. The quantitative estimate of drug-likeness (QED) is 0.173. The Balaban J connectivity index is -0.0000000655. The van der Waals surface area contributed by atoms with Gasteiger partial charge in [-0.15, -0.1) is 30.3 Å². The van der Waals surface area contributed by atoms with Gasteiger partial charge in [0.15, 0.2) is 0 Å². The van der Waals surface area contributed by atoms with Crippen molar-refractivity contribution in [1.82, 2.24) is 0 Å². The standard InChI is InChI=1S/Bi.3HNO4/c;3*2-1(3)5-4/h;3*4H/q+3;;;/p-3. The minimum Gasteiger partial charge on any atom is -0.694 e. The summed E-state index contributed by atoms with van der Waals surface area (Å²) in [6.07, 6.45) is 0. The van der Waals surface area contributed by atoms with Gasteiger partial charge in [0, 0.05) is 0 Å². The van der Waals surface area contributed by atoms with E-state index in [4.69, 9.17) is 46.1 Å². The molecule has 0 unspecified atom stereocenters. The molecule has 2 radical (unpaired) electrons. The largest absolute Gasteiger partial charge is 3.00 e. The maximum Gasteiger partial charge on any atom is 3.00 e. The van der Waals surface area contributed by atoms with E-state index in [2.05, 4.69) is 15.0 Å². The van der Waals surface area contributed by atoms with E-state index in [1.807, 2.05) is 0 Å². The second kappa shape index (κ2) is 19.0. The van der Waals surface area contributed by atoms with Crippen LogP contribution < -0.4 is 15.8 Å². The van der Waals surface area contributed by atoms with Gasteiger partial charge in [0.05, 0.1) is 0 Å². The molecule has 0 fully saturated rings. The molecule has 0 aliphatic carbocycles. The summed E-state index contributed by atoms with van der Waals surface area (Å²) in [5, 5.41) is 46.9. The van der Waals surface area contributed by atoms with Crippen molar-refractivity contribution in [3.63, 3.8) is 0 Å². The Bertz CT molecular complexity index is 155. The smallest absolute Gasteiger partial charge is 0.694 e. The molecule has 0 saturated carbocycles. The molecule has 0 aromatic heterocycles. The average Bonchev–Trinajstić information content (AvgIpc) is 2.19. The van der Waals surface area contributed by atoms with Crippen LogP contribution in [0.4, 0.5) is 0 Å². The summed E-state index contributed by atoms with van der Waals surface area (Å²) in [6, 6.07) is 0. The van der Waals surface area contributed by atoms with Crippen LogP contribution >= 0.6 is 0 Å². The van der Waals surface area contributed by atoms with Crippen molar-refractivity contribution in [3.8, 4) is 0 Å². The third-order valence-corrected chi connectivity index (χ3v) is 0.183. The van der Waals surface area contributed by atoms with Crippen molar-refractivity contribution in [2.45, 2.75) is 0 Å². The van der Waals surface area contributed by atoms with Gasteiger partial charge in [0.1, 0.15) is 0 Å². The first-order valence-corrected chi connectivity index (χ1v) is 2.14. The monoisotopic (exact) mass is 443 g/mol. The fourth-order valence-electron chi connectivity index (χ4n) is 0. The molecule has 0 aromatic carbocycles. The van der Waals surface area contributed by atoms with Gasteiger partial charge in [-0.05, 0) is 0 Å². The predicted octanol–water partition coefficient (Wildman–Crippen LogP) is -4.97. The van der Waals surface area contributed by atoms with Crippen LogP contribution in [-0.4, -0.2) is 41.5 Å². The second-order valence-electron chi connectivity index (χ2n) is 0.894. The Morgan fingerprint density at radius 3 is 0.688 bits per heavy atom. The van der Waals surface area contributed by atoms with Crippen LogP contribution in [0.3, 0.4) is 0 Å². The van der Waals surface area contributed by atoms with Crippen LogP contribution in [0, 0.1) is 30.3 Å². The van der Waals surface area contributed by atoms with Gasteiger partial charge in [0.25, 0.3) is 15.3 Å². The van der Waals surface area contributed by atoms with Crippen molar-refractivity contribution >= 4 is 26.2 Å². The summed E-state index contributed by atoms with van der Waals surface area (Å²) in [5.74, 6) is 0. The van der Waals surface area contributed by atoms with Gasteiger partial charge in [-0.3, -0.25) is 0 Å². The third-order valence-electron chi connectivity index (χ3n) is 0.183. The van der Waals surface area contributed by atoms with E-state index >= 15 is 0 Å². The van der Waals surface area contributed by atoms with Gasteiger partial charge in [-0.1, -0.05) is 0 Å². The fraction of sp³-hybridized carbons (Fsp3) is 0. The average molecular weight is 443 g/mol. The van der Waals surface area contributed by atoms with Crippen molar-refractivity contribution < 1.29 is 46.0 Å². The van der Waals surface area contributed by atoms with Gasteiger partial charge in [-0.25, -0.2) is 0 Å². The molecule has 0 aliphatic rings. The van der Waals surface area contributed by atoms with Crippen molar-refractivity contribution in [2.24, 2.45) is 0 Å². The van der Waals surface area contributed by atoms with E-state index < -0.39 is 15.3 Å². The molecule has 0 N–H and O–H groups in total. The Morgan fingerprint density at radius 2 is 0.688 bits per heavy atom. The first-order chi connectivity index (χ1) is 6.81. The molecular formula is BiN3O12. The summed E-state index contributed by atoms with van der Waals surface area (Å²) in [6.45, 7) is 0. The predicted molar refractivity (Wildman–Crippen MR) is 30.0 cm³/mol. The Morgan fingerprint density at radius 1 is 0.625 bits per heavy atom. The molecule has 15 nitrogen and oxygen atoms in total. The second-order valence-corrected chi connectivity index (χ2v) is 0.894. The van der Waals surface area contributed by atoms with Crippen LogP contribution in [-0.2, 0) is 15.0 Å². The van der Waals surface area contributed by atoms with Crippen LogP contribution in [0.5, 0.6) is 0 Å². The van der Waals surface area contributed by atoms with E-state index in [9.17, 15) is 0 Å². The van der Waals surface area contributed by atoms with Crippen LogP contribution in [0.15, 0.2) is 0 Å². The maximum absolute atomic E-state index is 8.64. The van der Waals surface area contributed by atoms with E-state index in [1.54, 1.807) is 0 Å². The fourth-order valence-corrected chi connectivity index (χ4v) is 0. The van der Waals surface area contributed by atoms with Gasteiger partial charge in [0.2, 0.25) is 0 Å². The van der Waals surface area contributed by atoms with Crippen molar-refractivity contribution in [3.05, 3.63) is 30.3 Å². The van der Waals surface area contributed by atoms with Crippen LogP contribution in [0.2, 0.25) is 0 Å². The molecule has 0 saturated heterocycles. The number of hydrogen-bond donors (Lipinski definition) is 0. The molecule has 0 atom stereocenters. The zero-order chi connectivity index (χ0) is 12.9. The van der Waals surface area contributed by atoms with E-state index in [-0.39, 0.29) is 26.2 Å². The van der Waals surface area contributed by atoms with E-state index in [0.717, 1.165) is 0 Å². The Labute approximate surface area is 103 Å². The minimum absolute atomic E-state index is 0.